The van der Waals surface area contributed by atoms with Gasteiger partial charge >= 0.3 is 0 Å². The van der Waals surface area contributed by atoms with Gasteiger partial charge in [0.2, 0.25) is 0 Å². The van der Waals surface area contributed by atoms with Crippen LogP contribution in [0.2, 0.25) is 0 Å². The highest BCUT2D eigenvalue weighted by Crippen LogP contribution is 2.38. The van der Waals surface area contributed by atoms with Gasteiger partial charge in [0.1, 0.15) is 0 Å². The minimum Gasteiger partial charge on any atom is -0.295 e. The van der Waals surface area contributed by atoms with E-state index in [1.807, 2.05) is 6.08 Å². The van der Waals surface area contributed by atoms with E-state index in [0.29, 0.717) is 5.92 Å². The van der Waals surface area contributed by atoms with Gasteiger partial charge in [-0.1, -0.05) is 23.6 Å². The van der Waals surface area contributed by atoms with Gasteiger partial charge in [-0.05, 0) is 57.9 Å². The second-order valence-corrected chi connectivity index (χ2v) is 5.15. The van der Waals surface area contributed by atoms with Crippen LogP contribution >= 0.6 is 0 Å². The molecule has 88 valence electrons. The average molecular weight is 218 g/mol. The Hall–Kier alpha value is -0.850. The summed E-state index contributed by atoms with van der Waals surface area (Å²) in [6.45, 7) is 1.67. The van der Waals surface area contributed by atoms with Gasteiger partial charge in [0.25, 0.3) is 0 Å². The molecule has 1 atom stereocenters. The van der Waals surface area contributed by atoms with E-state index in [-0.39, 0.29) is 5.78 Å². The predicted octanol–water partition coefficient (Wildman–Crippen LogP) is 4.19. The molecule has 2 rings (SSSR count). The molecule has 0 aromatic heterocycles. The fourth-order valence-electron chi connectivity index (χ4n) is 3.07. The molecule has 0 bridgehead atoms. The number of ketones is 1. The molecule has 1 nitrogen and oxygen atoms in total. The van der Waals surface area contributed by atoms with Crippen LogP contribution in [0.1, 0.15) is 58.3 Å². The van der Waals surface area contributed by atoms with Crippen molar-refractivity contribution >= 4 is 5.78 Å². The third-order valence-electron chi connectivity index (χ3n) is 3.82. The number of rotatable bonds is 2. The Balaban J connectivity index is 2.15. The molecule has 0 amide bonds. The fourth-order valence-corrected chi connectivity index (χ4v) is 3.07. The lowest BCUT2D eigenvalue weighted by atomic mass is 9.76. The van der Waals surface area contributed by atoms with Crippen LogP contribution < -0.4 is 0 Å². The highest BCUT2D eigenvalue weighted by Gasteiger charge is 2.23. The zero-order valence-corrected chi connectivity index (χ0v) is 10.3. The zero-order valence-electron chi connectivity index (χ0n) is 10.3. The molecular weight excluding hydrogens is 196 g/mol. The van der Waals surface area contributed by atoms with E-state index in [0.717, 1.165) is 6.42 Å². The standard InChI is InChI=1S/C15H22O/c1-12(16)11-14-9-5-6-10-15(14)13-7-3-2-4-8-13/h7,11,15H,2-6,8-10H2,1H3. The van der Waals surface area contributed by atoms with Crippen molar-refractivity contribution < 1.29 is 4.79 Å². The topological polar surface area (TPSA) is 17.1 Å². The number of hydrogen-bond acceptors (Lipinski definition) is 1. The first-order valence-electron chi connectivity index (χ1n) is 6.67. The van der Waals surface area contributed by atoms with E-state index in [1.54, 1.807) is 12.5 Å². The van der Waals surface area contributed by atoms with Crippen molar-refractivity contribution in [3.05, 3.63) is 23.3 Å². The molecule has 0 radical (unpaired) electrons. The van der Waals surface area contributed by atoms with Crippen LogP contribution in [0, 0.1) is 5.92 Å². The van der Waals surface area contributed by atoms with Gasteiger partial charge in [0.15, 0.2) is 5.78 Å². The van der Waals surface area contributed by atoms with Crippen molar-refractivity contribution in [2.75, 3.05) is 0 Å². The Bertz CT molecular complexity index is 322. The van der Waals surface area contributed by atoms with Crippen LogP contribution in [-0.4, -0.2) is 5.78 Å². The fraction of sp³-hybridized carbons (Fsp3) is 0.667. The molecule has 0 heterocycles. The second kappa shape index (κ2) is 5.47. The van der Waals surface area contributed by atoms with Gasteiger partial charge in [0.05, 0.1) is 0 Å². The average Bonchev–Trinajstić information content (AvgIpc) is 2.30. The Morgan fingerprint density at radius 2 is 2.06 bits per heavy atom. The predicted molar refractivity (Wildman–Crippen MR) is 67.3 cm³/mol. The van der Waals surface area contributed by atoms with Crippen LogP contribution in [0.15, 0.2) is 23.3 Å². The van der Waals surface area contributed by atoms with Crippen molar-refractivity contribution in [1.29, 1.82) is 0 Å². The first-order valence-corrected chi connectivity index (χ1v) is 6.67. The molecule has 0 aliphatic heterocycles. The highest BCUT2D eigenvalue weighted by atomic mass is 16.1. The SMILES string of the molecule is CC(=O)C=C1CCCCC1C1=CCCCC1. The van der Waals surface area contributed by atoms with E-state index in [1.165, 1.54) is 50.5 Å². The summed E-state index contributed by atoms with van der Waals surface area (Å²) < 4.78 is 0. The molecule has 0 aromatic rings. The zero-order chi connectivity index (χ0) is 11.4. The Labute approximate surface area is 98.6 Å². The summed E-state index contributed by atoms with van der Waals surface area (Å²) in [5.41, 5.74) is 3.03. The van der Waals surface area contributed by atoms with Crippen LogP contribution in [0.25, 0.3) is 0 Å². The van der Waals surface area contributed by atoms with Gasteiger partial charge in [-0.2, -0.15) is 0 Å². The van der Waals surface area contributed by atoms with Gasteiger partial charge in [-0.15, -0.1) is 0 Å². The summed E-state index contributed by atoms with van der Waals surface area (Å²) in [7, 11) is 0. The lowest BCUT2D eigenvalue weighted by molar-refractivity contribution is -0.112. The molecule has 1 unspecified atom stereocenters. The maximum absolute atomic E-state index is 11.2. The number of carbonyl (C=O) groups is 1. The lowest BCUT2D eigenvalue weighted by Gasteiger charge is -2.29. The maximum atomic E-state index is 11.2. The summed E-state index contributed by atoms with van der Waals surface area (Å²) in [5.74, 6) is 0.830. The number of hydrogen-bond donors (Lipinski definition) is 0. The van der Waals surface area contributed by atoms with E-state index in [2.05, 4.69) is 6.08 Å². The first-order chi connectivity index (χ1) is 7.77. The maximum Gasteiger partial charge on any atom is 0.152 e. The van der Waals surface area contributed by atoms with Crippen LogP contribution in [0.4, 0.5) is 0 Å². The molecule has 0 spiro atoms. The van der Waals surface area contributed by atoms with Crippen molar-refractivity contribution in [1.82, 2.24) is 0 Å². The van der Waals surface area contributed by atoms with E-state index < -0.39 is 0 Å². The number of allylic oxidation sites excluding steroid dienone is 4. The summed E-state index contributed by atoms with van der Waals surface area (Å²) >= 11 is 0. The molecule has 16 heavy (non-hydrogen) atoms. The lowest BCUT2D eigenvalue weighted by Crippen LogP contribution is -2.15. The largest absolute Gasteiger partial charge is 0.295 e. The third kappa shape index (κ3) is 2.84. The smallest absolute Gasteiger partial charge is 0.152 e. The molecule has 1 fully saturated rings. The van der Waals surface area contributed by atoms with Crippen molar-refractivity contribution in [3.63, 3.8) is 0 Å². The summed E-state index contributed by atoms with van der Waals surface area (Å²) in [4.78, 5) is 11.2. The van der Waals surface area contributed by atoms with Crippen LogP contribution in [-0.2, 0) is 4.79 Å². The van der Waals surface area contributed by atoms with Gasteiger partial charge in [-0.25, -0.2) is 0 Å². The third-order valence-corrected chi connectivity index (χ3v) is 3.82. The molecule has 2 aliphatic carbocycles. The molecule has 1 saturated carbocycles. The van der Waals surface area contributed by atoms with Crippen LogP contribution in [0.3, 0.4) is 0 Å². The minimum atomic E-state index is 0.221. The van der Waals surface area contributed by atoms with Gasteiger partial charge in [0, 0.05) is 5.92 Å². The van der Waals surface area contributed by atoms with Crippen molar-refractivity contribution in [2.45, 2.75) is 58.3 Å². The quantitative estimate of drug-likeness (QED) is 0.501. The Morgan fingerprint density at radius 1 is 1.25 bits per heavy atom. The molecule has 2 aliphatic rings. The molecule has 0 saturated heterocycles. The van der Waals surface area contributed by atoms with Crippen molar-refractivity contribution in [3.8, 4) is 0 Å². The van der Waals surface area contributed by atoms with Crippen LogP contribution in [0.5, 0.6) is 0 Å². The molecule has 0 N–H and O–H groups in total. The van der Waals surface area contributed by atoms with E-state index in [4.69, 9.17) is 0 Å². The van der Waals surface area contributed by atoms with E-state index in [9.17, 15) is 4.79 Å². The van der Waals surface area contributed by atoms with Crippen molar-refractivity contribution in [2.24, 2.45) is 5.92 Å². The van der Waals surface area contributed by atoms with Gasteiger partial charge in [-0.3, -0.25) is 4.79 Å². The van der Waals surface area contributed by atoms with Gasteiger partial charge < -0.3 is 0 Å². The Morgan fingerprint density at radius 3 is 2.75 bits per heavy atom. The summed E-state index contributed by atoms with van der Waals surface area (Å²) in [6.07, 6.45) is 14.6. The normalized spacial score (nSPS) is 28.9. The molecular formula is C15H22O. The Kier molecular flexibility index (Phi) is 3.98. The first kappa shape index (κ1) is 11.6. The minimum absolute atomic E-state index is 0.221. The van der Waals surface area contributed by atoms with E-state index >= 15 is 0 Å². The number of carbonyl (C=O) groups excluding carboxylic acids is 1. The monoisotopic (exact) mass is 218 g/mol. The molecule has 0 aromatic carbocycles. The molecule has 1 heteroatoms. The summed E-state index contributed by atoms with van der Waals surface area (Å²) in [5, 5.41) is 0. The second-order valence-electron chi connectivity index (χ2n) is 5.15. The summed E-state index contributed by atoms with van der Waals surface area (Å²) in [6, 6.07) is 0. The highest BCUT2D eigenvalue weighted by molar-refractivity contribution is 5.88.